The Labute approximate surface area is 178 Å². The van der Waals surface area contributed by atoms with Crippen LogP contribution in [0.1, 0.15) is 33.1 Å². The number of nitrogens with one attached hydrogen (secondary N) is 4. The van der Waals surface area contributed by atoms with E-state index in [4.69, 9.17) is 0 Å². The molecule has 29 heavy (non-hydrogen) atoms. The van der Waals surface area contributed by atoms with E-state index in [9.17, 15) is 9.59 Å². The van der Waals surface area contributed by atoms with Gasteiger partial charge in [0.05, 0.1) is 31.5 Å². The standard InChI is InChI=1S/C20H33N5O2SSi/c1-19(2)15-14(11-25(19)18(27)21-13-7-10-28-12-13)16(24-23-15)22-17(26)20(8-6-9-20)29(3,4)5/h7,10,12,14-16,23-24H,6,8-9,11H2,1-5H3,(H,21,27)(H,22,26). The van der Waals surface area contributed by atoms with Crippen LogP contribution in [0.2, 0.25) is 24.7 Å². The fourth-order valence-electron chi connectivity index (χ4n) is 5.25. The molecule has 3 atom stereocenters. The van der Waals surface area contributed by atoms with Crippen molar-refractivity contribution in [1.29, 1.82) is 0 Å². The van der Waals surface area contributed by atoms with E-state index in [0.717, 1.165) is 24.9 Å². The molecule has 4 rings (SSSR count). The summed E-state index contributed by atoms with van der Waals surface area (Å²) in [7, 11) is -1.62. The fraction of sp³-hybridized carbons (Fsp3) is 0.700. The van der Waals surface area contributed by atoms with Crippen molar-refractivity contribution >= 4 is 37.0 Å². The molecule has 2 aliphatic heterocycles. The summed E-state index contributed by atoms with van der Waals surface area (Å²) in [4.78, 5) is 28.1. The minimum absolute atomic E-state index is 0.0743. The second-order valence-corrected chi connectivity index (χ2v) is 16.5. The van der Waals surface area contributed by atoms with Gasteiger partial charge in [0, 0.05) is 22.9 Å². The second-order valence-electron chi connectivity index (χ2n) is 10.3. The Balaban J connectivity index is 1.46. The average Bonchev–Trinajstić information content (AvgIpc) is 3.24. The first kappa shape index (κ1) is 20.8. The molecule has 1 aliphatic carbocycles. The van der Waals surface area contributed by atoms with Gasteiger partial charge in [-0.05, 0) is 38.1 Å². The Kier molecular flexibility index (Phi) is 5.08. The highest BCUT2D eigenvalue weighted by atomic mass is 32.1. The average molecular weight is 436 g/mol. The lowest BCUT2D eigenvalue weighted by Crippen LogP contribution is -2.59. The van der Waals surface area contributed by atoms with Crippen LogP contribution in [-0.2, 0) is 4.79 Å². The fourth-order valence-corrected chi connectivity index (χ4v) is 8.45. The third-order valence-corrected chi connectivity index (χ3v) is 11.8. The first-order chi connectivity index (χ1) is 13.6. The summed E-state index contributed by atoms with van der Waals surface area (Å²) in [5.41, 5.74) is 7.11. The number of hydrogen-bond donors (Lipinski definition) is 4. The van der Waals surface area contributed by atoms with E-state index < -0.39 is 8.07 Å². The first-order valence-corrected chi connectivity index (χ1v) is 14.9. The molecule has 2 saturated heterocycles. The number of amides is 3. The molecule has 3 heterocycles. The van der Waals surface area contributed by atoms with Crippen LogP contribution in [0.3, 0.4) is 0 Å². The number of anilines is 1. The van der Waals surface area contributed by atoms with Crippen LogP contribution in [-0.4, -0.2) is 49.2 Å². The van der Waals surface area contributed by atoms with Gasteiger partial charge in [0.15, 0.2) is 0 Å². The molecule has 3 amide bonds. The maximum Gasteiger partial charge on any atom is 0.322 e. The van der Waals surface area contributed by atoms with Crippen molar-refractivity contribution in [2.45, 2.75) is 75.5 Å². The monoisotopic (exact) mass is 435 g/mol. The van der Waals surface area contributed by atoms with E-state index in [1.165, 1.54) is 0 Å². The molecule has 1 aromatic rings. The molecule has 1 aromatic heterocycles. The molecule has 3 fully saturated rings. The van der Waals surface area contributed by atoms with Gasteiger partial charge in [-0.25, -0.2) is 10.2 Å². The molecule has 4 N–H and O–H groups in total. The van der Waals surface area contributed by atoms with Crippen LogP contribution in [0.15, 0.2) is 16.8 Å². The van der Waals surface area contributed by atoms with Crippen LogP contribution >= 0.6 is 11.3 Å². The Morgan fingerprint density at radius 2 is 1.97 bits per heavy atom. The third-order valence-electron chi connectivity index (χ3n) is 7.48. The van der Waals surface area contributed by atoms with Crippen LogP contribution in [0, 0.1) is 5.92 Å². The van der Waals surface area contributed by atoms with Crippen molar-refractivity contribution in [2.24, 2.45) is 5.92 Å². The van der Waals surface area contributed by atoms with Crippen molar-refractivity contribution in [1.82, 2.24) is 21.1 Å². The Bertz CT molecular complexity index is 787. The third kappa shape index (κ3) is 3.32. The number of carbonyl (C=O) groups is 2. The SMILES string of the molecule is CC1(C)C2NNC(NC(=O)C3([Si](C)(C)C)CCC3)C2CN1C(=O)Nc1ccsc1. The summed E-state index contributed by atoms with van der Waals surface area (Å²) < 4.78 is 0. The van der Waals surface area contributed by atoms with Gasteiger partial charge >= 0.3 is 6.03 Å². The highest BCUT2D eigenvalue weighted by Gasteiger charge is 2.58. The topological polar surface area (TPSA) is 85.5 Å². The minimum atomic E-state index is -1.62. The zero-order valence-corrected chi connectivity index (χ0v) is 19.8. The summed E-state index contributed by atoms with van der Waals surface area (Å²) in [5.74, 6) is 0.322. The van der Waals surface area contributed by atoms with Crippen molar-refractivity contribution < 1.29 is 9.59 Å². The van der Waals surface area contributed by atoms with Gasteiger partial charge in [0.1, 0.15) is 0 Å². The molecule has 0 radical (unpaired) electrons. The number of nitrogens with zero attached hydrogens (tertiary/aromatic N) is 1. The van der Waals surface area contributed by atoms with Crippen molar-refractivity contribution in [3.05, 3.63) is 16.8 Å². The summed E-state index contributed by atoms with van der Waals surface area (Å²) in [6, 6.07) is 1.89. The number of hydrogen-bond acceptors (Lipinski definition) is 5. The number of rotatable bonds is 4. The normalized spacial score (nSPS) is 29.8. The summed E-state index contributed by atoms with van der Waals surface area (Å²) >= 11 is 1.56. The molecule has 3 aliphatic rings. The molecule has 160 valence electrons. The molecule has 7 nitrogen and oxygen atoms in total. The number of thiophene rings is 1. The van der Waals surface area contributed by atoms with Gasteiger partial charge < -0.3 is 15.5 Å². The Hall–Kier alpha value is -1.42. The zero-order valence-electron chi connectivity index (χ0n) is 18.0. The summed E-state index contributed by atoms with van der Waals surface area (Å²) in [6.45, 7) is 11.6. The molecule has 0 aromatic carbocycles. The lowest BCUT2D eigenvalue weighted by molar-refractivity contribution is -0.127. The first-order valence-electron chi connectivity index (χ1n) is 10.5. The maximum atomic E-state index is 13.3. The number of carbonyl (C=O) groups excluding carboxylic acids is 2. The molecule has 3 unspecified atom stereocenters. The van der Waals surface area contributed by atoms with Crippen LogP contribution in [0.25, 0.3) is 0 Å². The quantitative estimate of drug-likeness (QED) is 0.547. The Morgan fingerprint density at radius 3 is 2.52 bits per heavy atom. The predicted molar refractivity (Wildman–Crippen MR) is 119 cm³/mol. The van der Waals surface area contributed by atoms with Crippen molar-refractivity contribution in [3.8, 4) is 0 Å². The number of hydrazine groups is 1. The van der Waals surface area contributed by atoms with Gasteiger partial charge in [-0.1, -0.05) is 26.1 Å². The number of urea groups is 1. The van der Waals surface area contributed by atoms with E-state index >= 15 is 0 Å². The highest BCUT2D eigenvalue weighted by Crippen LogP contribution is 2.55. The van der Waals surface area contributed by atoms with E-state index in [2.05, 4.69) is 55.0 Å². The molecular formula is C20H33N5O2SSi. The summed E-state index contributed by atoms with van der Waals surface area (Å²) in [6.07, 6.45) is 2.98. The molecule has 0 spiro atoms. The highest BCUT2D eigenvalue weighted by molar-refractivity contribution is 7.08. The van der Waals surface area contributed by atoms with E-state index in [1.54, 1.807) is 11.3 Å². The van der Waals surface area contributed by atoms with Gasteiger partial charge in [0.25, 0.3) is 0 Å². The van der Waals surface area contributed by atoms with Crippen LogP contribution < -0.4 is 21.5 Å². The summed E-state index contributed by atoms with van der Waals surface area (Å²) in [5, 5.41) is 10.0. The molecule has 9 heteroatoms. The minimum Gasteiger partial charge on any atom is -0.339 e. The largest absolute Gasteiger partial charge is 0.339 e. The van der Waals surface area contributed by atoms with Gasteiger partial charge in [-0.3, -0.25) is 10.2 Å². The Morgan fingerprint density at radius 1 is 1.24 bits per heavy atom. The molecular weight excluding hydrogens is 402 g/mol. The lowest BCUT2D eigenvalue weighted by Gasteiger charge is -2.49. The van der Waals surface area contributed by atoms with E-state index in [1.807, 2.05) is 21.7 Å². The van der Waals surface area contributed by atoms with E-state index in [-0.39, 0.29) is 40.6 Å². The van der Waals surface area contributed by atoms with Crippen molar-refractivity contribution in [3.63, 3.8) is 0 Å². The van der Waals surface area contributed by atoms with Crippen LogP contribution in [0.4, 0.5) is 10.5 Å². The zero-order chi connectivity index (χ0) is 21.0. The number of likely N-dealkylation sites (tertiary alicyclic amines) is 1. The van der Waals surface area contributed by atoms with Gasteiger partial charge in [0.2, 0.25) is 5.91 Å². The van der Waals surface area contributed by atoms with Crippen LogP contribution in [0.5, 0.6) is 0 Å². The second kappa shape index (κ2) is 7.07. The smallest absolute Gasteiger partial charge is 0.322 e. The van der Waals surface area contributed by atoms with Gasteiger partial charge in [-0.2, -0.15) is 11.3 Å². The molecule has 0 bridgehead atoms. The van der Waals surface area contributed by atoms with Gasteiger partial charge in [-0.15, -0.1) is 0 Å². The predicted octanol–water partition coefficient (Wildman–Crippen LogP) is 3.17. The molecule has 1 saturated carbocycles. The van der Waals surface area contributed by atoms with E-state index in [0.29, 0.717) is 6.54 Å². The number of fused-ring (bicyclic) bond motifs is 1. The van der Waals surface area contributed by atoms with Crippen molar-refractivity contribution in [2.75, 3.05) is 11.9 Å². The maximum absolute atomic E-state index is 13.3. The lowest BCUT2D eigenvalue weighted by atomic mass is 9.82.